The number of amides is 3. The molecule has 0 spiro atoms. The predicted molar refractivity (Wildman–Crippen MR) is 120 cm³/mol. The molecule has 1 fully saturated rings. The minimum atomic E-state index is -0.489. The monoisotopic (exact) mass is 510 g/mol. The fraction of sp³-hybridized carbons (Fsp3) is 0.143. The van der Waals surface area contributed by atoms with Crippen molar-refractivity contribution in [3.8, 4) is 11.5 Å². The van der Waals surface area contributed by atoms with Crippen LogP contribution in [0.5, 0.6) is 11.5 Å². The molecule has 0 saturated carbocycles. The lowest BCUT2D eigenvalue weighted by Gasteiger charge is -2.14. The number of hydrogen-bond acceptors (Lipinski definition) is 4. The molecule has 0 bridgehead atoms. The first-order valence-electron chi connectivity index (χ1n) is 8.73. The number of ether oxygens (including phenoxy) is 2. The lowest BCUT2D eigenvalue weighted by Crippen LogP contribution is -2.30. The highest BCUT2D eigenvalue weighted by Gasteiger charge is 2.32. The number of imide groups is 1. The van der Waals surface area contributed by atoms with E-state index in [1.807, 2.05) is 0 Å². The summed E-state index contributed by atoms with van der Waals surface area (Å²) in [6.45, 7) is 3.89. The second-order valence-electron chi connectivity index (χ2n) is 6.25. The van der Waals surface area contributed by atoms with E-state index >= 15 is 0 Å². The second-order valence-corrected chi connectivity index (χ2v) is 7.95. The molecule has 9 heteroatoms. The summed E-state index contributed by atoms with van der Waals surface area (Å²) < 4.78 is 12.0. The molecule has 0 aromatic heterocycles. The van der Waals surface area contributed by atoms with Crippen molar-refractivity contribution in [3.63, 3.8) is 0 Å². The zero-order chi connectivity index (χ0) is 21.8. The summed E-state index contributed by atoms with van der Waals surface area (Å²) in [5.41, 5.74) is 1.57. The summed E-state index contributed by atoms with van der Waals surface area (Å²) in [7, 11) is 1.51. The van der Waals surface area contributed by atoms with Crippen LogP contribution in [0, 0.1) is 0 Å². The molecule has 0 aliphatic carbocycles. The maximum atomic E-state index is 12.4. The summed E-state index contributed by atoms with van der Waals surface area (Å²) in [6.07, 6.45) is 3.05. The van der Waals surface area contributed by atoms with Crippen molar-refractivity contribution in [2.24, 2.45) is 0 Å². The SMILES string of the molecule is C=CCN1C(=O)N/C(=C/c2cc(Br)c(OCc3ccc(Cl)cc3Cl)c(OC)c2)C1=O. The van der Waals surface area contributed by atoms with Gasteiger partial charge in [0.2, 0.25) is 0 Å². The Kier molecular flexibility index (Phi) is 7.07. The number of hydrogen-bond donors (Lipinski definition) is 1. The highest BCUT2D eigenvalue weighted by Crippen LogP contribution is 2.38. The van der Waals surface area contributed by atoms with Crippen LogP contribution in [0.3, 0.4) is 0 Å². The Morgan fingerprint density at radius 1 is 1.23 bits per heavy atom. The van der Waals surface area contributed by atoms with Gasteiger partial charge in [-0.1, -0.05) is 35.3 Å². The van der Waals surface area contributed by atoms with Crippen molar-refractivity contribution in [2.45, 2.75) is 6.61 Å². The average Bonchev–Trinajstić information content (AvgIpc) is 2.95. The molecule has 1 N–H and O–H groups in total. The van der Waals surface area contributed by atoms with Crippen LogP contribution in [-0.4, -0.2) is 30.5 Å². The van der Waals surface area contributed by atoms with Gasteiger partial charge in [0.15, 0.2) is 11.5 Å². The van der Waals surface area contributed by atoms with Crippen LogP contribution in [0.4, 0.5) is 4.79 Å². The standard InChI is InChI=1S/C21H17BrCl2N2O4/c1-3-6-26-20(27)17(25-21(26)28)8-12-7-15(22)19(18(9-12)29-2)30-11-13-4-5-14(23)10-16(13)24/h3-5,7-10H,1,6,11H2,2H3,(H,25,28)/b17-8+. The van der Waals surface area contributed by atoms with E-state index in [1.165, 1.54) is 13.2 Å². The Morgan fingerprint density at radius 3 is 2.67 bits per heavy atom. The number of halogens is 3. The van der Waals surface area contributed by atoms with E-state index in [0.717, 1.165) is 10.5 Å². The molecule has 1 saturated heterocycles. The number of nitrogens with one attached hydrogen (secondary N) is 1. The molecule has 6 nitrogen and oxygen atoms in total. The van der Waals surface area contributed by atoms with Crippen molar-refractivity contribution < 1.29 is 19.1 Å². The van der Waals surface area contributed by atoms with Crippen molar-refractivity contribution in [1.82, 2.24) is 10.2 Å². The normalized spacial score (nSPS) is 14.8. The highest BCUT2D eigenvalue weighted by molar-refractivity contribution is 9.10. The van der Waals surface area contributed by atoms with Gasteiger partial charge in [-0.25, -0.2) is 4.79 Å². The smallest absolute Gasteiger partial charge is 0.329 e. The molecule has 0 radical (unpaired) electrons. The number of benzene rings is 2. The van der Waals surface area contributed by atoms with Gasteiger partial charge in [0, 0.05) is 22.2 Å². The first-order chi connectivity index (χ1) is 14.3. The molecular formula is C21H17BrCl2N2O4. The zero-order valence-electron chi connectivity index (χ0n) is 15.9. The third kappa shape index (κ3) is 4.80. The topological polar surface area (TPSA) is 67.9 Å². The number of nitrogens with zero attached hydrogens (tertiary/aromatic N) is 1. The summed E-state index contributed by atoms with van der Waals surface area (Å²) >= 11 is 15.6. The Balaban J connectivity index is 1.84. The molecule has 3 amide bonds. The van der Waals surface area contributed by atoms with Gasteiger partial charge in [0.05, 0.1) is 11.6 Å². The van der Waals surface area contributed by atoms with Gasteiger partial charge in [-0.05, 0) is 51.8 Å². The number of carbonyl (C=O) groups is 2. The van der Waals surface area contributed by atoms with Crippen molar-refractivity contribution in [3.05, 3.63) is 74.3 Å². The Morgan fingerprint density at radius 2 is 2.00 bits per heavy atom. The first-order valence-corrected chi connectivity index (χ1v) is 10.3. The predicted octanol–water partition coefficient (Wildman–Crippen LogP) is 5.42. The molecule has 30 heavy (non-hydrogen) atoms. The van der Waals surface area contributed by atoms with Gasteiger partial charge in [-0.3, -0.25) is 9.69 Å². The summed E-state index contributed by atoms with van der Waals surface area (Å²) in [5.74, 6) is 0.495. The van der Waals surface area contributed by atoms with E-state index in [9.17, 15) is 9.59 Å². The largest absolute Gasteiger partial charge is 0.493 e. The zero-order valence-corrected chi connectivity index (χ0v) is 19.0. The van der Waals surface area contributed by atoms with E-state index in [1.54, 1.807) is 36.4 Å². The number of carbonyl (C=O) groups excluding carboxylic acids is 2. The van der Waals surface area contributed by atoms with Crippen LogP contribution in [-0.2, 0) is 11.4 Å². The molecule has 1 aliphatic heterocycles. The van der Waals surface area contributed by atoms with Crippen LogP contribution < -0.4 is 14.8 Å². The lowest BCUT2D eigenvalue weighted by molar-refractivity contribution is -0.122. The summed E-state index contributed by atoms with van der Waals surface area (Å²) in [4.78, 5) is 25.4. The van der Waals surface area contributed by atoms with Gasteiger partial charge < -0.3 is 14.8 Å². The van der Waals surface area contributed by atoms with Gasteiger partial charge in [0.1, 0.15) is 12.3 Å². The summed E-state index contributed by atoms with van der Waals surface area (Å²) in [6, 6.07) is 8.13. The number of methoxy groups -OCH3 is 1. The minimum Gasteiger partial charge on any atom is -0.493 e. The van der Waals surface area contributed by atoms with Crippen LogP contribution >= 0.6 is 39.1 Å². The lowest BCUT2D eigenvalue weighted by atomic mass is 10.1. The number of rotatable bonds is 7. The molecule has 3 rings (SSSR count). The van der Waals surface area contributed by atoms with Crippen molar-refractivity contribution in [2.75, 3.05) is 13.7 Å². The average molecular weight is 512 g/mol. The minimum absolute atomic E-state index is 0.134. The van der Waals surface area contributed by atoms with Crippen molar-refractivity contribution >= 4 is 57.1 Å². The van der Waals surface area contributed by atoms with Crippen LogP contribution in [0.25, 0.3) is 6.08 Å². The highest BCUT2D eigenvalue weighted by atomic mass is 79.9. The molecule has 156 valence electrons. The third-order valence-electron chi connectivity index (χ3n) is 4.22. The van der Waals surface area contributed by atoms with Crippen LogP contribution in [0.2, 0.25) is 10.0 Å². The van der Waals surface area contributed by atoms with Crippen molar-refractivity contribution in [1.29, 1.82) is 0 Å². The second kappa shape index (κ2) is 9.55. The maximum Gasteiger partial charge on any atom is 0.329 e. The summed E-state index contributed by atoms with van der Waals surface area (Å²) in [5, 5.41) is 3.59. The quantitative estimate of drug-likeness (QED) is 0.306. The van der Waals surface area contributed by atoms with Gasteiger partial charge in [-0.2, -0.15) is 0 Å². The van der Waals surface area contributed by atoms with Gasteiger partial charge in [0.25, 0.3) is 5.91 Å². The first kappa shape index (κ1) is 22.2. The Hall–Kier alpha value is -2.48. The Labute approximate surface area is 192 Å². The fourth-order valence-electron chi connectivity index (χ4n) is 2.79. The fourth-order valence-corrected chi connectivity index (χ4v) is 3.82. The van der Waals surface area contributed by atoms with E-state index < -0.39 is 11.9 Å². The number of urea groups is 1. The van der Waals surface area contributed by atoms with Gasteiger partial charge >= 0.3 is 6.03 Å². The van der Waals surface area contributed by atoms with E-state index in [0.29, 0.717) is 31.6 Å². The molecule has 0 unspecified atom stereocenters. The van der Waals surface area contributed by atoms with Crippen LogP contribution in [0.1, 0.15) is 11.1 Å². The van der Waals surface area contributed by atoms with Crippen LogP contribution in [0.15, 0.2) is 53.2 Å². The molecule has 1 heterocycles. The molecule has 2 aromatic carbocycles. The molecule has 2 aromatic rings. The molecule has 1 aliphatic rings. The molecule has 0 atom stereocenters. The maximum absolute atomic E-state index is 12.4. The van der Waals surface area contributed by atoms with E-state index in [4.69, 9.17) is 32.7 Å². The molecular weight excluding hydrogens is 495 g/mol. The van der Waals surface area contributed by atoms with E-state index in [2.05, 4.69) is 27.8 Å². The third-order valence-corrected chi connectivity index (χ3v) is 5.40. The van der Waals surface area contributed by atoms with Gasteiger partial charge in [-0.15, -0.1) is 6.58 Å². The Bertz CT molecular complexity index is 1060. The van der Waals surface area contributed by atoms with E-state index in [-0.39, 0.29) is 18.8 Å².